The van der Waals surface area contributed by atoms with E-state index in [1.165, 1.54) is 37.7 Å². The summed E-state index contributed by atoms with van der Waals surface area (Å²) in [6.07, 6.45) is 15.5. The van der Waals surface area contributed by atoms with Gasteiger partial charge in [0.2, 0.25) is 0 Å². The van der Waals surface area contributed by atoms with Gasteiger partial charge in [-0.1, -0.05) is 45.3 Å². The van der Waals surface area contributed by atoms with Crippen LogP contribution in [0.4, 0.5) is 4.79 Å². The summed E-state index contributed by atoms with van der Waals surface area (Å²) in [7, 11) is 0. The lowest BCUT2D eigenvalue weighted by Crippen LogP contribution is -2.60. The molecule has 1 aliphatic heterocycles. The fraction of sp³-hybridized carbons (Fsp3) is 0.892. The fourth-order valence-electron chi connectivity index (χ4n) is 11.3. The molecule has 9 atom stereocenters. The van der Waals surface area contributed by atoms with Gasteiger partial charge in [0.05, 0.1) is 5.60 Å². The number of hydrogen-bond donors (Lipinski definition) is 2. The second kappa shape index (κ2) is 11.4. The Kier molecular flexibility index (Phi) is 8.67. The van der Waals surface area contributed by atoms with Gasteiger partial charge in [-0.3, -0.25) is 4.90 Å². The SMILES string of the molecule is CC(CCCC(C)(C)O)[C@H]1CC[C@H]2[C@@H]3CC=C4C[C@@H]([C@]5(C(=O)O)CCCN5C(=O)OC(C)(C)C)CC[C@]4(C)[C@H]3CC[C@]12C. The van der Waals surface area contributed by atoms with Gasteiger partial charge in [-0.2, -0.15) is 0 Å². The van der Waals surface area contributed by atoms with Gasteiger partial charge < -0.3 is 14.9 Å². The lowest BCUT2D eigenvalue weighted by Gasteiger charge is -2.59. The number of allylic oxidation sites excluding steroid dienone is 2. The number of carboxylic acid groups (broad SMARTS) is 1. The minimum atomic E-state index is -1.17. The number of fused-ring (bicyclic) bond motifs is 5. The summed E-state index contributed by atoms with van der Waals surface area (Å²) in [5, 5.41) is 20.9. The third kappa shape index (κ3) is 5.81. The van der Waals surface area contributed by atoms with Gasteiger partial charge in [-0.25, -0.2) is 9.59 Å². The number of rotatable bonds is 7. The minimum absolute atomic E-state index is 0.0784. The second-order valence-corrected chi connectivity index (χ2v) is 17.6. The molecule has 0 spiro atoms. The van der Waals surface area contributed by atoms with E-state index in [4.69, 9.17) is 4.74 Å². The summed E-state index contributed by atoms with van der Waals surface area (Å²) < 4.78 is 5.72. The van der Waals surface area contributed by atoms with Crippen LogP contribution in [0.2, 0.25) is 0 Å². The predicted octanol–water partition coefficient (Wildman–Crippen LogP) is 8.61. The van der Waals surface area contributed by atoms with Crippen molar-refractivity contribution in [3.05, 3.63) is 11.6 Å². The smallest absolute Gasteiger partial charge is 0.411 e. The van der Waals surface area contributed by atoms with Gasteiger partial charge in [-0.05, 0) is 152 Å². The molecule has 43 heavy (non-hydrogen) atoms. The molecule has 0 bridgehead atoms. The predicted molar refractivity (Wildman–Crippen MR) is 171 cm³/mol. The van der Waals surface area contributed by atoms with Crippen molar-refractivity contribution in [2.24, 2.45) is 46.3 Å². The molecular formula is C37H61NO5. The van der Waals surface area contributed by atoms with Crippen molar-refractivity contribution in [2.75, 3.05) is 6.54 Å². The third-order valence-electron chi connectivity index (χ3n) is 13.4. The highest BCUT2D eigenvalue weighted by molar-refractivity contribution is 5.86. The van der Waals surface area contributed by atoms with E-state index in [-0.39, 0.29) is 11.3 Å². The summed E-state index contributed by atoms with van der Waals surface area (Å²) in [6.45, 7) is 17.4. The average Bonchev–Trinajstić information content (AvgIpc) is 3.49. The first-order valence-corrected chi connectivity index (χ1v) is 17.6. The quantitative estimate of drug-likeness (QED) is 0.286. The van der Waals surface area contributed by atoms with Crippen molar-refractivity contribution in [2.45, 2.75) is 156 Å². The third-order valence-corrected chi connectivity index (χ3v) is 13.4. The monoisotopic (exact) mass is 599 g/mol. The molecule has 5 rings (SSSR count). The Balaban J connectivity index is 1.32. The molecule has 1 saturated heterocycles. The van der Waals surface area contributed by atoms with Crippen molar-refractivity contribution in [1.29, 1.82) is 0 Å². The molecule has 3 saturated carbocycles. The zero-order chi connectivity index (χ0) is 31.6. The number of carbonyl (C=O) groups is 2. The van der Waals surface area contributed by atoms with Crippen molar-refractivity contribution in [3.8, 4) is 0 Å². The maximum absolute atomic E-state index is 13.3. The number of ether oxygens (including phenoxy) is 1. The summed E-state index contributed by atoms with van der Waals surface area (Å²) in [6, 6.07) is 0. The summed E-state index contributed by atoms with van der Waals surface area (Å²) >= 11 is 0. The highest BCUT2D eigenvalue weighted by Crippen LogP contribution is 2.68. The molecule has 2 N–H and O–H groups in total. The molecule has 0 aromatic carbocycles. The minimum Gasteiger partial charge on any atom is -0.479 e. The van der Waals surface area contributed by atoms with Crippen molar-refractivity contribution in [3.63, 3.8) is 0 Å². The van der Waals surface area contributed by atoms with E-state index in [1.807, 2.05) is 34.6 Å². The van der Waals surface area contributed by atoms with Gasteiger partial charge in [0.25, 0.3) is 0 Å². The van der Waals surface area contributed by atoms with Crippen LogP contribution in [0.3, 0.4) is 0 Å². The Morgan fingerprint density at radius 2 is 1.77 bits per heavy atom. The molecule has 0 radical (unpaired) electrons. The first kappa shape index (κ1) is 32.8. The van der Waals surface area contributed by atoms with Gasteiger partial charge in [-0.15, -0.1) is 0 Å². The number of likely N-dealkylation sites (tertiary alicyclic amines) is 1. The van der Waals surface area contributed by atoms with Crippen molar-refractivity contribution in [1.82, 2.24) is 4.90 Å². The Morgan fingerprint density at radius 1 is 1.05 bits per heavy atom. The maximum atomic E-state index is 13.3. The Morgan fingerprint density at radius 3 is 2.42 bits per heavy atom. The van der Waals surface area contributed by atoms with Crippen molar-refractivity contribution < 1.29 is 24.5 Å². The maximum Gasteiger partial charge on any atom is 0.411 e. The van der Waals surface area contributed by atoms with E-state index >= 15 is 0 Å². The van der Waals surface area contributed by atoms with E-state index in [2.05, 4.69) is 26.8 Å². The zero-order valence-corrected chi connectivity index (χ0v) is 28.5. The number of aliphatic hydroxyl groups is 1. The first-order valence-electron chi connectivity index (χ1n) is 17.6. The molecule has 0 aromatic heterocycles. The van der Waals surface area contributed by atoms with Crippen LogP contribution in [0.5, 0.6) is 0 Å². The topological polar surface area (TPSA) is 87.1 Å². The van der Waals surface area contributed by atoms with Crippen LogP contribution in [0, 0.1) is 46.3 Å². The number of hydrogen-bond acceptors (Lipinski definition) is 4. The molecule has 0 aromatic rings. The van der Waals surface area contributed by atoms with E-state index in [9.17, 15) is 19.8 Å². The zero-order valence-electron chi connectivity index (χ0n) is 28.5. The molecular weight excluding hydrogens is 538 g/mol. The number of nitrogens with zero attached hydrogens (tertiary/aromatic N) is 1. The molecule has 1 amide bonds. The molecule has 1 unspecified atom stereocenters. The normalized spacial score (nSPS) is 40.3. The second-order valence-electron chi connectivity index (χ2n) is 17.6. The summed E-state index contributed by atoms with van der Waals surface area (Å²) in [5.41, 5.74) is -0.396. The van der Waals surface area contributed by atoms with E-state index in [1.54, 1.807) is 4.90 Å². The molecule has 6 nitrogen and oxygen atoms in total. The van der Waals surface area contributed by atoms with Crippen LogP contribution in [0.15, 0.2) is 11.6 Å². The fourth-order valence-corrected chi connectivity index (χ4v) is 11.3. The number of amides is 1. The molecule has 4 aliphatic carbocycles. The van der Waals surface area contributed by atoms with Crippen LogP contribution < -0.4 is 0 Å². The number of aliphatic carboxylic acids is 1. The van der Waals surface area contributed by atoms with Crippen LogP contribution in [-0.4, -0.2) is 50.5 Å². The van der Waals surface area contributed by atoms with Crippen molar-refractivity contribution >= 4 is 12.1 Å². The van der Waals surface area contributed by atoms with E-state index < -0.39 is 28.8 Å². The Hall–Kier alpha value is -1.56. The molecule has 4 fully saturated rings. The van der Waals surface area contributed by atoms with E-state index in [0.717, 1.165) is 56.3 Å². The van der Waals surface area contributed by atoms with Crippen LogP contribution >= 0.6 is 0 Å². The lowest BCUT2D eigenvalue weighted by molar-refractivity contribution is -0.154. The molecule has 1 heterocycles. The number of carboxylic acids is 1. The molecule has 244 valence electrons. The largest absolute Gasteiger partial charge is 0.479 e. The van der Waals surface area contributed by atoms with E-state index in [0.29, 0.717) is 36.6 Å². The van der Waals surface area contributed by atoms with Gasteiger partial charge in [0.1, 0.15) is 11.1 Å². The van der Waals surface area contributed by atoms with Crippen LogP contribution in [-0.2, 0) is 9.53 Å². The highest BCUT2D eigenvalue weighted by atomic mass is 16.6. The average molecular weight is 600 g/mol. The Labute approximate surface area is 261 Å². The standard InChI is InChI=1S/C37H61NO5/c1-24(11-9-18-34(5,6)42)28-14-15-29-27-13-12-25-23-26(16-20-35(25,7)30(27)17-21-36(28,29)8)37(31(39)40)19-10-22-38(37)32(41)43-33(2,3)4/h12,24,26-30,42H,9-11,13-23H2,1-8H3,(H,39,40)/t24?,26-,27-,28+,29-,30-,35-,36+,37-/m0/s1. The van der Waals surface area contributed by atoms with Crippen LogP contribution in [0.25, 0.3) is 0 Å². The lowest BCUT2D eigenvalue weighted by atomic mass is 9.46. The summed E-state index contributed by atoms with van der Waals surface area (Å²) in [5.74, 6) is 2.68. The van der Waals surface area contributed by atoms with Gasteiger partial charge in [0, 0.05) is 6.54 Å². The van der Waals surface area contributed by atoms with Crippen LogP contribution in [0.1, 0.15) is 139 Å². The Bertz CT molecular complexity index is 1100. The molecule has 6 heteroatoms. The highest BCUT2D eigenvalue weighted by Gasteiger charge is 2.62. The molecule has 5 aliphatic rings. The van der Waals surface area contributed by atoms with Gasteiger partial charge in [0.15, 0.2) is 0 Å². The van der Waals surface area contributed by atoms with Gasteiger partial charge >= 0.3 is 12.1 Å². The summed E-state index contributed by atoms with van der Waals surface area (Å²) in [4.78, 5) is 27.9. The first-order chi connectivity index (χ1) is 19.9. The number of carbonyl (C=O) groups excluding carboxylic acids is 1.